The number of rotatable bonds is 4. The predicted molar refractivity (Wildman–Crippen MR) is 89.3 cm³/mol. The smallest absolute Gasteiger partial charge is 0.139 e. The molecule has 6 heteroatoms. The van der Waals surface area contributed by atoms with Gasteiger partial charge in [-0.15, -0.1) is 11.6 Å². The molecule has 1 heterocycles. The first-order valence-electron chi connectivity index (χ1n) is 6.29. The van der Waals surface area contributed by atoms with Crippen LogP contribution >= 0.6 is 39.3 Å². The highest BCUT2D eigenvalue weighted by molar-refractivity contribution is 9.10. The second-order valence-corrected chi connectivity index (χ2v) is 8.41. The molecule has 0 aliphatic carbocycles. The van der Waals surface area contributed by atoms with Crippen LogP contribution in [0.1, 0.15) is 32.0 Å². The molecule has 0 saturated heterocycles. The van der Waals surface area contributed by atoms with Crippen LogP contribution in [-0.2, 0) is 6.54 Å². The molecule has 1 aromatic heterocycles. The first kappa shape index (κ1) is 16.1. The number of benzene rings is 1. The SMILES string of the molecule is CSC(C)(C)Cn1c(C(C)Cl)nc2cc(F)c(Br)cc21. The maximum atomic E-state index is 13.7. The van der Waals surface area contributed by atoms with Crippen LogP contribution in [0.15, 0.2) is 16.6 Å². The molecule has 1 aromatic carbocycles. The second kappa shape index (κ2) is 5.85. The molecule has 2 nitrogen and oxygen atoms in total. The summed E-state index contributed by atoms with van der Waals surface area (Å²) < 4.78 is 16.2. The number of imidazole rings is 1. The van der Waals surface area contributed by atoms with Crippen LogP contribution in [0.2, 0.25) is 0 Å². The Balaban J connectivity index is 2.65. The van der Waals surface area contributed by atoms with Crippen molar-refractivity contribution in [2.45, 2.75) is 37.4 Å². The molecule has 0 aliphatic heterocycles. The molecule has 20 heavy (non-hydrogen) atoms. The van der Waals surface area contributed by atoms with Crippen molar-refractivity contribution >= 4 is 50.3 Å². The number of hydrogen-bond donors (Lipinski definition) is 0. The molecule has 0 saturated carbocycles. The van der Waals surface area contributed by atoms with Crippen LogP contribution in [0.3, 0.4) is 0 Å². The maximum absolute atomic E-state index is 13.7. The average Bonchev–Trinajstić information content (AvgIpc) is 2.68. The molecule has 0 fully saturated rings. The van der Waals surface area contributed by atoms with Crippen molar-refractivity contribution in [1.29, 1.82) is 0 Å². The standard InChI is InChI=1S/C14H17BrClFN2S/c1-8(16)13-18-11-6-10(17)9(15)5-12(11)19(13)7-14(2,3)20-4/h5-6,8H,7H2,1-4H3. The van der Waals surface area contributed by atoms with Crippen LogP contribution in [0.4, 0.5) is 4.39 Å². The maximum Gasteiger partial charge on any atom is 0.139 e. The Kier molecular flexibility index (Phi) is 4.72. The zero-order valence-corrected chi connectivity index (χ0v) is 15.0. The number of alkyl halides is 1. The quantitative estimate of drug-likeness (QED) is 0.664. The lowest BCUT2D eigenvalue weighted by Gasteiger charge is -2.24. The Labute approximate surface area is 136 Å². The summed E-state index contributed by atoms with van der Waals surface area (Å²) in [5.74, 6) is 0.473. The summed E-state index contributed by atoms with van der Waals surface area (Å²) in [6.07, 6.45) is 2.08. The number of thioether (sulfide) groups is 1. The number of halogens is 3. The summed E-state index contributed by atoms with van der Waals surface area (Å²) in [5.41, 5.74) is 1.55. The van der Waals surface area contributed by atoms with E-state index in [1.807, 2.05) is 6.92 Å². The molecule has 2 aromatic rings. The highest BCUT2D eigenvalue weighted by Crippen LogP contribution is 2.32. The summed E-state index contributed by atoms with van der Waals surface area (Å²) in [4.78, 5) is 4.49. The monoisotopic (exact) mass is 378 g/mol. The molecular weight excluding hydrogens is 363 g/mol. The Bertz CT molecular complexity index is 640. The van der Waals surface area contributed by atoms with Gasteiger partial charge in [0.25, 0.3) is 0 Å². The van der Waals surface area contributed by atoms with E-state index in [4.69, 9.17) is 11.6 Å². The zero-order chi connectivity index (χ0) is 15.1. The minimum absolute atomic E-state index is 0.0506. The Morgan fingerprint density at radius 1 is 1.50 bits per heavy atom. The van der Waals surface area contributed by atoms with Crippen LogP contribution in [0, 0.1) is 5.82 Å². The fourth-order valence-electron chi connectivity index (χ4n) is 2.05. The summed E-state index contributed by atoms with van der Waals surface area (Å²) >= 11 is 11.3. The largest absolute Gasteiger partial charge is 0.325 e. The van der Waals surface area contributed by atoms with Gasteiger partial charge in [-0.2, -0.15) is 11.8 Å². The highest BCUT2D eigenvalue weighted by atomic mass is 79.9. The van der Waals surface area contributed by atoms with E-state index in [9.17, 15) is 4.39 Å². The van der Waals surface area contributed by atoms with Crippen LogP contribution < -0.4 is 0 Å². The fraction of sp³-hybridized carbons (Fsp3) is 0.500. The summed E-state index contributed by atoms with van der Waals surface area (Å²) in [7, 11) is 0. The van der Waals surface area contributed by atoms with Gasteiger partial charge in [0.15, 0.2) is 0 Å². The number of hydrogen-bond acceptors (Lipinski definition) is 2. The van der Waals surface area contributed by atoms with E-state index in [2.05, 4.69) is 45.6 Å². The van der Waals surface area contributed by atoms with E-state index < -0.39 is 0 Å². The first-order chi connectivity index (χ1) is 9.25. The van der Waals surface area contributed by atoms with E-state index in [-0.39, 0.29) is 15.9 Å². The van der Waals surface area contributed by atoms with Crippen molar-refractivity contribution in [3.8, 4) is 0 Å². The van der Waals surface area contributed by atoms with Crippen molar-refractivity contribution in [3.63, 3.8) is 0 Å². The normalized spacial score (nSPS) is 13.9. The van der Waals surface area contributed by atoms with Crippen LogP contribution in [0.25, 0.3) is 11.0 Å². The van der Waals surface area contributed by atoms with Crippen molar-refractivity contribution in [2.75, 3.05) is 6.26 Å². The summed E-state index contributed by atoms with van der Waals surface area (Å²) in [6.45, 7) is 7.00. The molecule has 0 aliphatic rings. The van der Waals surface area contributed by atoms with Gasteiger partial charge in [-0.05, 0) is 49.0 Å². The van der Waals surface area contributed by atoms with Crippen molar-refractivity contribution in [2.24, 2.45) is 0 Å². The number of fused-ring (bicyclic) bond motifs is 1. The third-order valence-electron chi connectivity index (χ3n) is 3.27. The Hall–Kier alpha value is -0.260. The Morgan fingerprint density at radius 3 is 2.70 bits per heavy atom. The lowest BCUT2D eigenvalue weighted by molar-refractivity contribution is 0.558. The molecule has 0 radical (unpaired) electrons. The minimum Gasteiger partial charge on any atom is -0.325 e. The lowest BCUT2D eigenvalue weighted by atomic mass is 10.2. The molecule has 1 unspecified atom stereocenters. The number of nitrogens with zero attached hydrogens (tertiary/aromatic N) is 2. The van der Waals surface area contributed by atoms with Gasteiger partial charge >= 0.3 is 0 Å². The van der Waals surface area contributed by atoms with Gasteiger partial charge in [0.2, 0.25) is 0 Å². The number of aromatic nitrogens is 2. The Morgan fingerprint density at radius 2 is 2.15 bits per heavy atom. The van der Waals surface area contributed by atoms with Gasteiger partial charge in [-0.25, -0.2) is 9.37 Å². The molecule has 0 N–H and O–H groups in total. The van der Waals surface area contributed by atoms with E-state index in [1.54, 1.807) is 17.8 Å². The minimum atomic E-state index is -0.306. The lowest BCUT2D eigenvalue weighted by Crippen LogP contribution is -2.23. The van der Waals surface area contributed by atoms with Crippen molar-refractivity contribution in [3.05, 3.63) is 28.2 Å². The molecule has 0 bridgehead atoms. The second-order valence-electron chi connectivity index (χ2n) is 5.39. The topological polar surface area (TPSA) is 17.8 Å². The van der Waals surface area contributed by atoms with Crippen molar-refractivity contribution in [1.82, 2.24) is 9.55 Å². The molecule has 2 rings (SSSR count). The van der Waals surface area contributed by atoms with Crippen LogP contribution in [0.5, 0.6) is 0 Å². The van der Waals surface area contributed by atoms with Crippen molar-refractivity contribution < 1.29 is 4.39 Å². The van der Waals surface area contributed by atoms with Gasteiger partial charge < -0.3 is 4.57 Å². The van der Waals surface area contributed by atoms with E-state index in [0.717, 1.165) is 17.9 Å². The van der Waals surface area contributed by atoms with Gasteiger partial charge in [0.1, 0.15) is 11.6 Å². The van der Waals surface area contributed by atoms with Gasteiger partial charge in [-0.3, -0.25) is 0 Å². The van der Waals surface area contributed by atoms with E-state index in [0.29, 0.717) is 9.99 Å². The average molecular weight is 380 g/mol. The molecule has 1 atom stereocenters. The predicted octanol–water partition coefficient (Wildman–Crippen LogP) is 5.38. The van der Waals surface area contributed by atoms with Gasteiger partial charge in [0, 0.05) is 17.4 Å². The van der Waals surface area contributed by atoms with Gasteiger partial charge in [0.05, 0.1) is 20.9 Å². The first-order valence-corrected chi connectivity index (χ1v) is 8.75. The highest BCUT2D eigenvalue weighted by Gasteiger charge is 2.23. The summed E-state index contributed by atoms with van der Waals surface area (Å²) in [6, 6.07) is 3.22. The van der Waals surface area contributed by atoms with Crippen LogP contribution in [-0.4, -0.2) is 20.6 Å². The fourth-order valence-corrected chi connectivity index (χ4v) is 2.81. The van der Waals surface area contributed by atoms with E-state index >= 15 is 0 Å². The molecule has 110 valence electrons. The zero-order valence-electron chi connectivity index (χ0n) is 11.9. The molecule has 0 amide bonds. The van der Waals surface area contributed by atoms with Gasteiger partial charge in [-0.1, -0.05) is 0 Å². The molecule has 0 spiro atoms. The van der Waals surface area contributed by atoms with E-state index in [1.165, 1.54) is 6.07 Å². The third kappa shape index (κ3) is 3.15. The summed E-state index contributed by atoms with van der Waals surface area (Å²) in [5, 5.41) is -0.220. The third-order valence-corrected chi connectivity index (χ3v) is 5.30. The molecular formula is C14H17BrClFN2S.